The van der Waals surface area contributed by atoms with Crippen molar-refractivity contribution in [2.75, 3.05) is 25.2 Å². The molecule has 0 radical (unpaired) electrons. The summed E-state index contributed by atoms with van der Waals surface area (Å²) in [6.45, 7) is 5.53. The fourth-order valence-electron chi connectivity index (χ4n) is 2.01. The number of ether oxygens (including phenoxy) is 1. The van der Waals surface area contributed by atoms with E-state index in [2.05, 4.69) is 47.2 Å². The third-order valence-electron chi connectivity index (χ3n) is 3.07. The molecular formula is C16H26BrNOS. The molecule has 1 atom stereocenters. The van der Waals surface area contributed by atoms with Crippen molar-refractivity contribution in [2.45, 2.75) is 39.2 Å². The molecule has 1 rings (SSSR count). The Kier molecular flexibility index (Phi) is 9.40. The molecule has 0 spiro atoms. The van der Waals surface area contributed by atoms with Gasteiger partial charge < -0.3 is 10.1 Å². The standard InChI is InChI=1S/C16H26BrNOS/c1-4-8-18-14(12-20-9-5-2)10-13-11-15(19-3)6-7-16(13)17/h6-7,11,14,18H,4-5,8-10,12H2,1-3H3. The quantitative estimate of drug-likeness (QED) is 0.620. The molecule has 0 saturated heterocycles. The number of halogens is 1. The second-order valence-corrected chi connectivity index (χ2v) is 6.89. The molecule has 0 bridgehead atoms. The van der Waals surface area contributed by atoms with Gasteiger partial charge in [0.25, 0.3) is 0 Å². The highest BCUT2D eigenvalue weighted by atomic mass is 79.9. The highest BCUT2D eigenvalue weighted by Gasteiger charge is 2.12. The first-order valence-corrected chi connectivity index (χ1v) is 9.29. The van der Waals surface area contributed by atoms with Crippen molar-refractivity contribution in [1.82, 2.24) is 5.32 Å². The molecule has 1 unspecified atom stereocenters. The van der Waals surface area contributed by atoms with Gasteiger partial charge in [-0.15, -0.1) is 0 Å². The molecule has 0 fully saturated rings. The van der Waals surface area contributed by atoms with E-state index in [-0.39, 0.29) is 0 Å². The van der Waals surface area contributed by atoms with Crippen LogP contribution in [0.15, 0.2) is 22.7 Å². The van der Waals surface area contributed by atoms with E-state index < -0.39 is 0 Å². The molecule has 2 nitrogen and oxygen atoms in total. The Morgan fingerprint density at radius 2 is 2.10 bits per heavy atom. The molecule has 1 aromatic rings. The minimum absolute atomic E-state index is 0.523. The largest absolute Gasteiger partial charge is 0.497 e. The van der Waals surface area contributed by atoms with Gasteiger partial charge in [0.15, 0.2) is 0 Å². The van der Waals surface area contributed by atoms with E-state index in [9.17, 15) is 0 Å². The lowest BCUT2D eigenvalue weighted by Crippen LogP contribution is -2.34. The van der Waals surface area contributed by atoms with Crippen LogP contribution in [-0.2, 0) is 6.42 Å². The molecule has 0 aromatic heterocycles. The summed E-state index contributed by atoms with van der Waals surface area (Å²) in [6.07, 6.45) is 3.46. The van der Waals surface area contributed by atoms with Crippen molar-refractivity contribution in [1.29, 1.82) is 0 Å². The molecule has 0 aliphatic carbocycles. The van der Waals surface area contributed by atoms with E-state index in [0.717, 1.165) is 24.5 Å². The van der Waals surface area contributed by atoms with Crippen LogP contribution in [0, 0.1) is 0 Å². The summed E-state index contributed by atoms with van der Waals surface area (Å²) in [6, 6.07) is 6.72. The fraction of sp³-hybridized carbons (Fsp3) is 0.625. The van der Waals surface area contributed by atoms with Gasteiger partial charge in [0.05, 0.1) is 7.11 Å². The number of benzene rings is 1. The highest BCUT2D eigenvalue weighted by molar-refractivity contribution is 9.10. The zero-order valence-corrected chi connectivity index (χ0v) is 15.1. The Labute approximate surface area is 136 Å². The van der Waals surface area contributed by atoms with Gasteiger partial charge in [-0.3, -0.25) is 0 Å². The third-order valence-corrected chi connectivity index (χ3v) is 5.18. The number of thioether (sulfide) groups is 1. The Bertz CT molecular complexity index is 387. The monoisotopic (exact) mass is 359 g/mol. The second-order valence-electron chi connectivity index (χ2n) is 4.89. The fourth-order valence-corrected chi connectivity index (χ4v) is 3.39. The number of hydrogen-bond acceptors (Lipinski definition) is 3. The first-order chi connectivity index (χ1) is 9.71. The van der Waals surface area contributed by atoms with E-state index in [4.69, 9.17) is 4.74 Å². The van der Waals surface area contributed by atoms with E-state index >= 15 is 0 Å². The Morgan fingerprint density at radius 1 is 1.30 bits per heavy atom. The van der Waals surface area contributed by atoms with Crippen LogP contribution < -0.4 is 10.1 Å². The van der Waals surface area contributed by atoms with E-state index in [1.54, 1.807) is 7.11 Å². The van der Waals surface area contributed by atoms with Crippen LogP contribution in [0.25, 0.3) is 0 Å². The zero-order chi connectivity index (χ0) is 14.8. The number of hydrogen-bond donors (Lipinski definition) is 1. The summed E-state index contributed by atoms with van der Waals surface area (Å²) < 4.78 is 6.49. The molecule has 4 heteroatoms. The van der Waals surface area contributed by atoms with Crippen LogP contribution in [-0.4, -0.2) is 31.2 Å². The van der Waals surface area contributed by atoms with Crippen molar-refractivity contribution >= 4 is 27.7 Å². The van der Waals surface area contributed by atoms with Gasteiger partial charge in [-0.25, -0.2) is 0 Å². The van der Waals surface area contributed by atoms with Gasteiger partial charge in [-0.2, -0.15) is 11.8 Å². The SMILES string of the molecule is CCCNC(CSCCC)Cc1cc(OC)ccc1Br. The molecule has 1 N–H and O–H groups in total. The van der Waals surface area contributed by atoms with Gasteiger partial charge in [0.2, 0.25) is 0 Å². The molecule has 1 aromatic carbocycles. The zero-order valence-electron chi connectivity index (χ0n) is 12.7. The number of rotatable bonds is 10. The van der Waals surface area contributed by atoms with E-state index in [1.807, 2.05) is 17.8 Å². The predicted octanol–water partition coefficient (Wildman–Crippen LogP) is 4.51. The molecule has 0 amide bonds. The minimum Gasteiger partial charge on any atom is -0.497 e. The van der Waals surface area contributed by atoms with Crippen LogP contribution in [0.3, 0.4) is 0 Å². The van der Waals surface area contributed by atoms with Gasteiger partial charge in [-0.05, 0) is 55.3 Å². The highest BCUT2D eigenvalue weighted by Crippen LogP contribution is 2.24. The summed E-state index contributed by atoms with van der Waals surface area (Å²) in [4.78, 5) is 0. The average Bonchev–Trinajstić information content (AvgIpc) is 2.46. The van der Waals surface area contributed by atoms with Crippen molar-refractivity contribution in [3.8, 4) is 5.75 Å². The second kappa shape index (κ2) is 10.5. The smallest absolute Gasteiger partial charge is 0.119 e. The van der Waals surface area contributed by atoms with Crippen LogP contribution in [0.2, 0.25) is 0 Å². The average molecular weight is 360 g/mol. The maximum Gasteiger partial charge on any atom is 0.119 e. The lowest BCUT2D eigenvalue weighted by atomic mass is 10.1. The van der Waals surface area contributed by atoms with Crippen LogP contribution in [0.4, 0.5) is 0 Å². The lowest BCUT2D eigenvalue weighted by molar-refractivity contribution is 0.413. The topological polar surface area (TPSA) is 21.3 Å². The van der Waals surface area contributed by atoms with Gasteiger partial charge >= 0.3 is 0 Å². The molecule has 0 saturated carbocycles. The molecule has 114 valence electrons. The molecule has 0 aliphatic heterocycles. The summed E-state index contributed by atoms with van der Waals surface area (Å²) in [5.41, 5.74) is 1.31. The van der Waals surface area contributed by atoms with Gasteiger partial charge in [-0.1, -0.05) is 29.8 Å². The Balaban J connectivity index is 2.66. The third kappa shape index (κ3) is 6.51. The summed E-state index contributed by atoms with van der Waals surface area (Å²) in [7, 11) is 1.72. The Morgan fingerprint density at radius 3 is 2.75 bits per heavy atom. The normalized spacial score (nSPS) is 12.4. The van der Waals surface area contributed by atoms with Gasteiger partial charge in [0, 0.05) is 16.3 Å². The molecule has 0 aliphatic rings. The predicted molar refractivity (Wildman–Crippen MR) is 94.1 cm³/mol. The molecular weight excluding hydrogens is 334 g/mol. The number of methoxy groups -OCH3 is 1. The van der Waals surface area contributed by atoms with E-state index in [1.165, 1.54) is 28.6 Å². The Hall–Kier alpha value is -0.190. The lowest BCUT2D eigenvalue weighted by Gasteiger charge is -2.19. The first kappa shape index (κ1) is 17.9. The van der Waals surface area contributed by atoms with Crippen LogP contribution in [0.1, 0.15) is 32.3 Å². The minimum atomic E-state index is 0.523. The van der Waals surface area contributed by atoms with E-state index in [0.29, 0.717) is 6.04 Å². The molecule has 20 heavy (non-hydrogen) atoms. The maximum absolute atomic E-state index is 5.32. The van der Waals surface area contributed by atoms with Crippen molar-refractivity contribution in [3.05, 3.63) is 28.2 Å². The first-order valence-electron chi connectivity index (χ1n) is 7.34. The van der Waals surface area contributed by atoms with Crippen molar-refractivity contribution < 1.29 is 4.74 Å². The summed E-state index contributed by atoms with van der Waals surface area (Å²) in [5, 5.41) is 3.66. The van der Waals surface area contributed by atoms with Crippen LogP contribution >= 0.6 is 27.7 Å². The summed E-state index contributed by atoms with van der Waals surface area (Å²) in [5.74, 6) is 3.33. The van der Waals surface area contributed by atoms with Crippen molar-refractivity contribution in [2.24, 2.45) is 0 Å². The maximum atomic E-state index is 5.32. The van der Waals surface area contributed by atoms with Gasteiger partial charge in [0.1, 0.15) is 5.75 Å². The summed E-state index contributed by atoms with van der Waals surface area (Å²) >= 11 is 5.69. The van der Waals surface area contributed by atoms with Crippen molar-refractivity contribution in [3.63, 3.8) is 0 Å². The molecule has 0 heterocycles. The number of nitrogens with one attached hydrogen (secondary N) is 1. The van der Waals surface area contributed by atoms with Crippen LogP contribution in [0.5, 0.6) is 5.75 Å².